The first kappa shape index (κ1) is 14.8. The van der Waals surface area contributed by atoms with Crippen molar-refractivity contribution >= 4 is 16.8 Å². The number of nitrogens with two attached hydrogens (primary N) is 1. The van der Waals surface area contributed by atoms with Crippen molar-refractivity contribution in [2.45, 2.75) is 26.2 Å². The average molecular weight is 322 g/mol. The number of primary amides is 1. The van der Waals surface area contributed by atoms with Crippen LogP contribution in [-0.2, 0) is 12.8 Å². The zero-order valence-electron chi connectivity index (χ0n) is 13.1. The van der Waals surface area contributed by atoms with E-state index >= 15 is 0 Å². The Balaban J connectivity index is 2.06. The standard InChI is InChI=1S/C18H15FN4O/c1-10-8-16(13-9-11(19)6-7-14(13)21-10)23-17(18(20)24)12-4-2-3-5-15(12)22-23/h6-9H,3-5H2,1H3,(H2,20,24). The molecule has 4 rings (SSSR count). The van der Waals surface area contributed by atoms with Crippen LogP contribution in [0.2, 0.25) is 0 Å². The number of amides is 1. The molecule has 2 heterocycles. The molecule has 1 aromatic carbocycles. The smallest absolute Gasteiger partial charge is 0.267 e. The van der Waals surface area contributed by atoms with Crippen LogP contribution < -0.4 is 5.73 Å². The molecule has 2 N–H and O–H groups in total. The molecule has 120 valence electrons. The van der Waals surface area contributed by atoms with E-state index in [0.717, 1.165) is 29.8 Å². The third kappa shape index (κ3) is 2.26. The molecule has 3 aromatic rings. The van der Waals surface area contributed by atoms with Crippen molar-refractivity contribution in [3.63, 3.8) is 0 Å². The van der Waals surface area contributed by atoms with Crippen LogP contribution in [0, 0.1) is 19.2 Å². The largest absolute Gasteiger partial charge is 0.364 e. The summed E-state index contributed by atoms with van der Waals surface area (Å²) in [6, 6.07) is 6.18. The molecule has 0 saturated heterocycles. The summed E-state index contributed by atoms with van der Waals surface area (Å²) in [5.41, 5.74) is 9.63. The molecule has 5 nitrogen and oxygen atoms in total. The van der Waals surface area contributed by atoms with Crippen molar-refractivity contribution in [2.75, 3.05) is 0 Å². The fourth-order valence-corrected chi connectivity index (χ4v) is 3.21. The quantitative estimate of drug-likeness (QED) is 0.788. The number of rotatable bonds is 2. The number of nitrogens with zero attached hydrogens (tertiary/aromatic N) is 3. The molecule has 6 heteroatoms. The Labute approximate surface area is 138 Å². The van der Waals surface area contributed by atoms with Gasteiger partial charge in [-0.3, -0.25) is 9.78 Å². The van der Waals surface area contributed by atoms with Crippen LogP contribution in [0.4, 0.5) is 4.39 Å². The summed E-state index contributed by atoms with van der Waals surface area (Å²) >= 11 is 0. The lowest BCUT2D eigenvalue weighted by Gasteiger charge is -2.11. The number of hydrogen-bond acceptors (Lipinski definition) is 3. The second-order valence-electron chi connectivity index (χ2n) is 5.92. The Bertz CT molecular complexity index is 977. The number of aryl methyl sites for hydroxylation is 2. The fourth-order valence-electron chi connectivity index (χ4n) is 3.21. The molecule has 0 fully saturated rings. The lowest BCUT2D eigenvalue weighted by molar-refractivity contribution is 0.0992. The van der Waals surface area contributed by atoms with E-state index in [1.165, 1.54) is 16.8 Å². The maximum atomic E-state index is 13.8. The summed E-state index contributed by atoms with van der Waals surface area (Å²) in [4.78, 5) is 16.5. The summed E-state index contributed by atoms with van der Waals surface area (Å²) in [7, 11) is 0. The molecule has 2 aromatic heterocycles. The van der Waals surface area contributed by atoms with E-state index in [4.69, 9.17) is 5.73 Å². The number of carbonyl (C=O) groups is 1. The number of carbonyl (C=O) groups excluding carboxylic acids is 1. The van der Waals surface area contributed by atoms with Gasteiger partial charge in [-0.25, -0.2) is 9.07 Å². The van der Waals surface area contributed by atoms with E-state index in [0.29, 0.717) is 28.7 Å². The zero-order chi connectivity index (χ0) is 16.8. The number of aromatic nitrogens is 3. The molecule has 1 aliphatic rings. The van der Waals surface area contributed by atoms with Gasteiger partial charge in [0, 0.05) is 16.6 Å². The zero-order valence-corrected chi connectivity index (χ0v) is 13.1. The van der Waals surface area contributed by atoms with Crippen molar-refractivity contribution in [1.82, 2.24) is 14.8 Å². The van der Waals surface area contributed by atoms with E-state index in [2.05, 4.69) is 16.5 Å². The lowest BCUT2D eigenvalue weighted by atomic mass is 9.95. The minimum atomic E-state index is -0.550. The lowest BCUT2D eigenvalue weighted by Crippen LogP contribution is -2.19. The van der Waals surface area contributed by atoms with Crippen molar-refractivity contribution in [3.05, 3.63) is 59.1 Å². The van der Waals surface area contributed by atoms with Gasteiger partial charge >= 0.3 is 0 Å². The maximum absolute atomic E-state index is 13.8. The van der Waals surface area contributed by atoms with Crippen molar-refractivity contribution in [2.24, 2.45) is 5.73 Å². The number of benzene rings is 1. The van der Waals surface area contributed by atoms with Crippen molar-refractivity contribution < 1.29 is 9.18 Å². The number of pyridine rings is 1. The van der Waals surface area contributed by atoms with Crippen LogP contribution in [0.3, 0.4) is 0 Å². The van der Waals surface area contributed by atoms with E-state index in [1.54, 1.807) is 12.1 Å². The van der Waals surface area contributed by atoms with Crippen LogP contribution in [0.15, 0.2) is 24.3 Å². The Morgan fingerprint density at radius 3 is 3.00 bits per heavy atom. The van der Waals surface area contributed by atoms with Gasteiger partial charge in [0.2, 0.25) is 0 Å². The van der Waals surface area contributed by atoms with Gasteiger partial charge in [-0.2, -0.15) is 5.10 Å². The highest BCUT2D eigenvalue weighted by atomic mass is 19.1. The Morgan fingerprint density at radius 1 is 1.38 bits per heavy atom. The Hall–Kier alpha value is -2.76. The van der Waals surface area contributed by atoms with Gasteiger partial charge < -0.3 is 5.73 Å². The summed E-state index contributed by atoms with van der Waals surface area (Å²) in [6.45, 7) is 1.85. The monoisotopic (exact) mass is 322 g/mol. The molecule has 1 amide bonds. The van der Waals surface area contributed by atoms with E-state index in [1.807, 2.05) is 6.92 Å². The second-order valence-corrected chi connectivity index (χ2v) is 5.92. The predicted molar refractivity (Wildman–Crippen MR) is 87.3 cm³/mol. The first-order valence-electron chi connectivity index (χ1n) is 7.73. The highest BCUT2D eigenvalue weighted by Gasteiger charge is 2.25. The Kier molecular flexibility index (Phi) is 3.33. The van der Waals surface area contributed by atoms with E-state index < -0.39 is 5.91 Å². The van der Waals surface area contributed by atoms with Gasteiger partial charge in [0.15, 0.2) is 0 Å². The third-order valence-corrected chi connectivity index (χ3v) is 4.25. The van der Waals surface area contributed by atoms with E-state index in [-0.39, 0.29) is 5.82 Å². The molecule has 0 bridgehead atoms. The van der Waals surface area contributed by atoms with Gasteiger partial charge in [-0.15, -0.1) is 0 Å². The Morgan fingerprint density at radius 2 is 2.21 bits per heavy atom. The predicted octanol–water partition coefficient (Wildman–Crippen LogP) is 2.54. The molecule has 1 aliphatic carbocycles. The van der Waals surface area contributed by atoms with Gasteiger partial charge in [0.05, 0.1) is 16.9 Å². The van der Waals surface area contributed by atoms with Gasteiger partial charge in [-0.1, -0.05) is 0 Å². The van der Waals surface area contributed by atoms with Crippen molar-refractivity contribution in [3.8, 4) is 5.69 Å². The van der Waals surface area contributed by atoms with Gasteiger partial charge in [-0.05, 0) is 56.9 Å². The minimum absolute atomic E-state index is 0.341. The second kappa shape index (κ2) is 5.40. The number of hydrogen-bond donors (Lipinski definition) is 1. The normalized spacial score (nSPS) is 13.9. The third-order valence-electron chi connectivity index (χ3n) is 4.25. The summed E-state index contributed by atoms with van der Waals surface area (Å²) < 4.78 is 15.3. The molecule has 24 heavy (non-hydrogen) atoms. The topological polar surface area (TPSA) is 73.8 Å². The summed E-state index contributed by atoms with van der Waals surface area (Å²) in [5, 5.41) is 5.18. The molecular weight excluding hydrogens is 307 g/mol. The highest BCUT2D eigenvalue weighted by molar-refractivity contribution is 5.95. The van der Waals surface area contributed by atoms with Crippen LogP contribution in [-0.4, -0.2) is 20.7 Å². The molecule has 0 spiro atoms. The fraction of sp³-hybridized carbons (Fsp3) is 0.222. The SMILES string of the molecule is Cc1cc(-n2nc3c(c2C(N)=O)C[C]CC3)c2cc(F)ccc2n1. The maximum Gasteiger partial charge on any atom is 0.267 e. The molecule has 0 atom stereocenters. The first-order valence-corrected chi connectivity index (χ1v) is 7.73. The van der Waals surface area contributed by atoms with Crippen LogP contribution >= 0.6 is 0 Å². The minimum Gasteiger partial charge on any atom is -0.364 e. The molecule has 0 saturated carbocycles. The van der Waals surface area contributed by atoms with Crippen LogP contribution in [0.1, 0.15) is 33.9 Å². The van der Waals surface area contributed by atoms with Gasteiger partial charge in [0.1, 0.15) is 11.5 Å². The van der Waals surface area contributed by atoms with Crippen molar-refractivity contribution in [1.29, 1.82) is 0 Å². The summed E-state index contributed by atoms with van der Waals surface area (Å²) in [6.07, 6.45) is 5.29. The molecular formula is C18H15FN4O. The summed E-state index contributed by atoms with van der Waals surface area (Å²) in [5.74, 6) is -0.917. The molecule has 0 aliphatic heterocycles. The van der Waals surface area contributed by atoms with E-state index in [9.17, 15) is 9.18 Å². The molecule has 0 unspecified atom stereocenters. The highest BCUT2D eigenvalue weighted by Crippen LogP contribution is 2.29. The number of halogens is 1. The average Bonchev–Trinajstić information content (AvgIpc) is 2.94. The van der Waals surface area contributed by atoms with Crippen LogP contribution in [0.25, 0.3) is 16.6 Å². The molecule has 2 radical (unpaired) electrons. The first-order chi connectivity index (χ1) is 11.5. The number of fused-ring (bicyclic) bond motifs is 2. The van der Waals surface area contributed by atoms with Crippen LogP contribution in [0.5, 0.6) is 0 Å². The van der Waals surface area contributed by atoms with Gasteiger partial charge in [0.25, 0.3) is 5.91 Å².